The van der Waals surface area contributed by atoms with E-state index < -0.39 is 17.7 Å². The minimum atomic E-state index is -0.662. The van der Waals surface area contributed by atoms with E-state index in [0.717, 1.165) is 32.1 Å². The second kappa shape index (κ2) is 9.16. The van der Waals surface area contributed by atoms with Crippen LogP contribution in [-0.4, -0.2) is 55.3 Å². The Balaban J connectivity index is 1.97. The van der Waals surface area contributed by atoms with Gasteiger partial charge in [0.15, 0.2) is 0 Å². The van der Waals surface area contributed by atoms with E-state index in [1.54, 1.807) is 0 Å². The number of nitrogens with zero attached hydrogens (tertiary/aromatic N) is 1. The average molecular weight is 338 g/mol. The number of rotatable bonds is 10. The van der Waals surface area contributed by atoms with Crippen LogP contribution in [0.2, 0.25) is 0 Å². The second-order valence-corrected chi connectivity index (χ2v) is 7.52. The van der Waals surface area contributed by atoms with Crippen LogP contribution in [0, 0.1) is 17.8 Å². The molecule has 24 heavy (non-hydrogen) atoms. The molecule has 0 bridgehead atoms. The zero-order valence-corrected chi connectivity index (χ0v) is 14.8. The Hall–Kier alpha value is -1.43. The van der Waals surface area contributed by atoms with Gasteiger partial charge >= 0.3 is 0 Å². The summed E-state index contributed by atoms with van der Waals surface area (Å²) in [7, 11) is 0. The molecule has 1 heterocycles. The van der Waals surface area contributed by atoms with Gasteiger partial charge in [0.1, 0.15) is 6.04 Å². The Kier molecular flexibility index (Phi) is 7.21. The number of ether oxygens (including phenoxy) is 1. The maximum absolute atomic E-state index is 12.6. The van der Waals surface area contributed by atoms with E-state index in [1.165, 1.54) is 4.90 Å². The first-order valence-corrected chi connectivity index (χ1v) is 9.12. The van der Waals surface area contributed by atoms with E-state index in [9.17, 15) is 14.4 Å². The fourth-order valence-electron chi connectivity index (χ4n) is 3.11. The Morgan fingerprint density at radius 3 is 2.38 bits per heavy atom. The van der Waals surface area contributed by atoms with Crippen molar-refractivity contribution in [1.29, 1.82) is 0 Å². The summed E-state index contributed by atoms with van der Waals surface area (Å²) in [6, 6.07) is -0.662. The van der Waals surface area contributed by atoms with Gasteiger partial charge in [-0.15, -0.1) is 0 Å². The van der Waals surface area contributed by atoms with E-state index >= 15 is 0 Å². The fourth-order valence-corrected chi connectivity index (χ4v) is 3.11. The van der Waals surface area contributed by atoms with E-state index in [2.05, 4.69) is 5.32 Å². The van der Waals surface area contributed by atoms with Crippen molar-refractivity contribution in [1.82, 2.24) is 10.2 Å². The highest BCUT2D eigenvalue weighted by Gasteiger charge is 2.33. The summed E-state index contributed by atoms with van der Waals surface area (Å²) >= 11 is 0. The van der Waals surface area contributed by atoms with Crippen molar-refractivity contribution >= 4 is 18.1 Å². The molecule has 2 fully saturated rings. The van der Waals surface area contributed by atoms with E-state index in [1.807, 2.05) is 13.8 Å². The summed E-state index contributed by atoms with van der Waals surface area (Å²) in [6.07, 6.45) is 5.26. The lowest BCUT2D eigenvalue weighted by molar-refractivity contribution is -0.143. The highest BCUT2D eigenvalue weighted by Crippen LogP contribution is 2.27. The molecule has 1 unspecified atom stereocenters. The maximum atomic E-state index is 12.6. The van der Waals surface area contributed by atoms with Gasteiger partial charge in [-0.05, 0) is 49.9 Å². The van der Waals surface area contributed by atoms with Crippen molar-refractivity contribution in [3.05, 3.63) is 0 Å². The minimum absolute atomic E-state index is 0.229. The third-order valence-electron chi connectivity index (χ3n) is 4.81. The Labute approximate surface area is 144 Å². The summed E-state index contributed by atoms with van der Waals surface area (Å²) in [4.78, 5) is 38.0. The van der Waals surface area contributed by atoms with Crippen molar-refractivity contribution in [2.24, 2.45) is 17.8 Å². The molecule has 2 amide bonds. The van der Waals surface area contributed by atoms with Gasteiger partial charge in [0.05, 0.1) is 0 Å². The molecule has 1 saturated carbocycles. The van der Waals surface area contributed by atoms with E-state index in [0.29, 0.717) is 44.6 Å². The lowest BCUT2D eigenvalue weighted by atomic mass is 9.95. The summed E-state index contributed by atoms with van der Waals surface area (Å²) in [6.45, 7) is 6.48. The average Bonchev–Trinajstić information content (AvgIpc) is 3.40. The molecule has 6 heteroatoms. The number of carbonyl (C=O) groups excluding carboxylic acids is 3. The van der Waals surface area contributed by atoms with Crippen LogP contribution < -0.4 is 5.32 Å². The van der Waals surface area contributed by atoms with Crippen molar-refractivity contribution in [2.75, 3.05) is 26.3 Å². The number of amides is 2. The monoisotopic (exact) mass is 338 g/mol. The van der Waals surface area contributed by atoms with Gasteiger partial charge in [-0.1, -0.05) is 13.8 Å². The molecular formula is C18H30N2O4. The standard InChI is InChI=1S/C18H30N2O4/c1-13(2)9-16(17(22)18(23)19-10-14-3-4-14)20(12-21)11-15-5-7-24-8-6-15/h12-16H,3-11H2,1-2H3,(H,19,23). The number of hydrogen-bond acceptors (Lipinski definition) is 4. The molecule has 0 spiro atoms. The molecule has 136 valence electrons. The first-order valence-electron chi connectivity index (χ1n) is 9.12. The van der Waals surface area contributed by atoms with Gasteiger partial charge in [0.2, 0.25) is 12.2 Å². The van der Waals surface area contributed by atoms with Gasteiger partial charge in [0.25, 0.3) is 5.91 Å². The minimum Gasteiger partial charge on any atom is -0.381 e. The van der Waals surface area contributed by atoms with Crippen molar-refractivity contribution in [3.63, 3.8) is 0 Å². The first kappa shape index (κ1) is 18.9. The molecule has 1 aliphatic heterocycles. The number of Topliss-reactive ketones (excluding diaryl/α,β-unsaturated/α-hetero) is 1. The van der Waals surface area contributed by atoms with Crippen LogP contribution in [0.15, 0.2) is 0 Å². The predicted molar refractivity (Wildman–Crippen MR) is 90.3 cm³/mol. The van der Waals surface area contributed by atoms with Gasteiger partial charge in [-0.3, -0.25) is 14.4 Å². The molecule has 0 aromatic heterocycles. The molecule has 0 radical (unpaired) electrons. The molecule has 0 aromatic carbocycles. The maximum Gasteiger partial charge on any atom is 0.289 e. The summed E-state index contributed by atoms with van der Waals surface area (Å²) in [5.74, 6) is 0.0536. The third-order valence-corrected chi connectivity index (χ3v) is 4.81. The van der Waals surface area contributed by atoms with Crippen LogP contribution in [0.1, 0.15) is 46.0 Å². The van der Waals surface area contributed by atoms with Gasteiger partial charge in [-0.2, -0.15) is 0 Å². The smallest absolute Gasteiger partial charge is 0.289 e. The quantitative estimate of drug-likeness (QED) is 0.482. The van der Waals surface area contributed by atoms with Gasteiger partial charge in [0, 0.05) is 26.3 Å². The summed E-state index contributed by atoms with van der Waals surface area (Å²) in [5.41, 5.74) is 0. The van der Waals surface area contributed by atoms with Crippen LogP contribution in [0.3, 0.4) is 0 Å². The highest BCUT2D eigenvalue weighted by atomic mass is 16.5. The lowest BCUT2D eigenvalue weighted by Gasteiger charge is -2.32. The van der Waals surface area contributed by atoms with E-state index in [-0.39, 0.29) is 5.92 Å². The molecule has 6 nitrogen and oxygen atoms in total. The lowest BCUT2D eigenvalue weighted by Crippen LogP contribution is -2.49. The zero-order valence-electron chi connectivity index (χ0n) is 14.8. The van der Waals surface area contributed by atoms with Gasteiger partial charge in [-0.25, -0.2) is 0 Å². The second-order valence-electron chi connectivity index (χ2n) is 7.52. The molecule has 1 atom stereocenters. The van der Waals surface area contributed by atoms with Crippen LogP contribution in [-0.2, 0) is 19.1 Å². The molecule has 1 saturated heterocycles. The van der Waals surface area contributed by atoms with Crippen LogP contribution >= 0.6 is 0 Å². The molecule has 1 aliphatic carbocycles. The SMILES string of the molecule is CC(C)CC(C(=O)C(=O)NCC1CC1)N(C=O)CC1CCOCC1. The molecule has 2 rings (SSSR count). The fraction of sp³-hybridized carbons (Fsp3) is 0.833. The number of hydrogen-bond donors (Lipinski definition) is 1. The number of ketones is 1. The normalized spacial score (nSPS) is 19.8. The van der Waals surface area contributed by atoms with Crippen LogP contribution in [0.5, 0.6) is 0 Å². The molecular weight excluding hydrogens is 308 g/mol. The van der Waals surface area contributed by atoms with E-state index in [4.69, 9.17) is 4.74 Å². The predicted octanol–water partition coefficient (Wildman–Crippen LogP) is 1.38. The number of nitrogens with one attached hydrogen (secondary N) is 1. The Bertz CT molecular complexity index is 442. The Morgan fingerprint density at radius 1 is 1.17 bits per heavy atom. The highest BCUT2D eigenvalue weighted by molar-refractivity contribution is 6.38. The Morgan fingerprint density at radius 2 is 1.83 bits per heavy atom. The first-order chi connectivity index (χ1) is 11.5. The topological polar surface area (TPSA) is 75.7 Å². The van der Waals surface area contributed by atoms with Crippen molar-refractivity contribution in [2.45, 2.75) is 52.0 Å². The van der Waals surface area contributed by atoms with Crippen molar-refractivity contribution in [3.8, 4) is 0 Å². The van der Waals surface area contributed by atoms with Crippen LogP contribution in [0.25, 0.3) is 0 Å². The third kappa shape index (κ3) is 5.89. The zero-order chi connectivity index (χ0) is 17.5. The number of carbonyl (C=O) groups is 3. The van der Waals surface area contributed by atoms with Crippen LogP contribution in [0.4, 0.5) is 0 Å². The molecule has 2 aliphatic rings. The summed E-state index contributed by atoms with van der Waals surface area (Å²) < 4.78 is 5.35. The largest absolute Gasteiger partial charge is 0.381 e. The molecule has 0 aromatic rings. The van der Waals surface area contributed by atoms with Crippen molar-refractivity contribution < 1.29 is 19.1 Å². The van der Waals surface area contributed by atoms with Gasteiger partial charge < -0.3 is 15.0 Å². The molecule has 1 N–H and O–H groups in total. The summed E-state index contributed by atoms with van der Waals surface area (Å²) in [5, 5.41) is 2.73.